The van der Waals surface area contributed by atoms with E-state index in [4.69, 9.17) is 0 Å². The Bertz CT molecular complexity index is 345. The van der Waals surface area contributed by atoms with Gasteiger partial charge >= 0.3 is 5.97 Å². The van der Waals surface area contributed by atoms with Crippen molar-refractivity contribution in [3.63, 3.8) is 0 Å². The number of thioether (sulfide) groups is 1. The molecule has 0 N–H and O–H groups in total. The van der Waals surface area contributed by atoms with E-state index in [0.717, 1.165) is 5.56 Å². The van der Waals surface area contributed by atoms with Gasteiger partial charge in [-0.25, -0.2) is 4.79 Å². The van der Waals surface area contributed by atoms with Crippen molar-refractivity contribution in [1.82, 2.24) is 0 Å². The molecule has 0 heterocycles. The number of benzene rings is 1. The SMILES string of the molecule is COC(=O)/C=C\c1cccc(SC)c1. The molecule has 0 atom stereocenters. The Hall–Kier alpha value is -1.22. The summed E-state index contributed by atoms with van der Waals surface area (Å²) in [6, 6.07) is 7.95. The van der Waals surface area contributed by atoms with Crippen LogP contribution in [0.4, 0.5) is 0 Å². The van der Waals surface area contributed by atoms with Crippen LogP contribution in [0.2, 0.25) is 0 Å². The topological polar surface area (TPSA) is 26.3 Å². The molecule has 0 unspecified atom stereocenters. The molecule has 0 aromatic heterocycles. The van der Waals surface area contributed by atoms with Crippen molar-refractivity contribution in [2.24, 2.45) is 0 Å². The van der Waals surface area contributed by atoms with Crippen molar-refractivity contribution in [3.05, 3.63) is 35.9 Å². The fourth-order valence-corrected chi connectivity index (χ4v) is 1.45. The molecule has 0 saturated carbocycles. The average Bonchev–Trinajstić information content (AvgIpc) is 2.26. The van der Waals surface area contributed by atoms with E-state index in [1.54, 1.807) is 17.8 Å². The summed E-state index contributed by atoms with van der Waals surface area (Å²) in [5.41, 5.74) is 1.00. The minimum atomic E-state index is -0.334. The second-order valence-electron chi connectivity index (χ2n) is 2.63. The van der Waals surface area contributed by atoms with Gasteiger partial charge in [0.05, 0.1) is 7.11 Å². The molecule has 2 nitrogen and oxygen atoms in total. The first-order chi connectivity index (χ1) is 6.76. The van der Waals surface area contributed by atoms with E-state index in [1.165, 1.54) is 18.1 Å². The van der Waals surface area contributed by atoms with Crippen LogP contribution in [0, 0.1) is 0 Å². The number of methoxy groups -OCH3 is 1. The Labute approximate surface area is 88.0 Å². The van der Waals surface area contributed by atoms with Crippen molar-refractivity contribution >= 4 is 23.8 Å². The number of rotatable bonds is 3. The average molecular weight is 208 g/mol. The molecule has 0 aliphatic heterocycles. The molecule has 14 heavy (non-hydrogen) atoms. The van der Waals surface area contributed by atoms with Crippen molar-refractivity contribution in [2.45, 2.75) is 4.90 Å². The molecular weight excluding hydrogens is 196 g/mol. The molecule has 3 heteroatoms. The van der Waals surface area contributed by atoms with E-state index in [-0.39, 0.29) is 5.97 Å². The summed E-state index contributed by atoms with van der Waals surface area (Å²) in [5, 5.41) is 0. The van der Waals surface area contributed by atoms with Gasteiger partial charge in [-0.2, -0.15) is 0 Å². The zero-order valence-corrected chi connectivity index (χ0v) is 9.01. The molecule has 0 aliphatic rings. The predicted octanol–water partition coefficient (Wildman–Crippen LogP) is 2.59. The van der Waals surface area contributed by atoms with Crippen LogP contribution in [-0.4, -0.2) is 19.3 Å². The van der Waals surface area contributed by atoms with Crippen LogP contribution < -0.4 is 0 Å². The Morgan fingerprint density at radius 2 is 2.29 bits per heavy atom. The minimum absolute atomic E-state index is 0.334. The third kappa shape index (κ3) is 3.26. The van der Waals surface area contributed by atoms with E-state index in [2.05, 4.69) is 4.74 Å². The van der Waals surface area contributed by atoms with E-state index >= 15 is 0 Å². The number of ether oxygens (including phenoxy) is 1. The molecule has 1 rings (SSSR count). The molecule has 0 bridgehead atoms. The van der Waals surface area contributed by atoms with Gasteiger partial charge < -0.3 is 4.74 Å². The maximum absolute atomic E-state index is 10.8. The zero-order valence-electron chi connectivity index (χ0n) is 8.19. The molecule has 0 radical (unpaired) electrons. The maximum atomic E-state index is 10.8. The molecule has 0 saturated heterocycles. The van der Waals surface area contributed by atoms with Crippen LogP contribution in [0.5, 0.6) is 0 Å². The Balaban J connectivity index is 2.76. The number of hydrogen-bond donors (Lipinski definition) is 0. The standard InChI is InChI=1S/C11H12O2S/c1-13-11(12)7-6-9-4-3-5-10(8-9)14-2/h3-8H,1-2H3/b7-6-. The molecule has 1 aromatic rings. The van der Waals surface area contributed by atoms with Crippen LogP contribution >= 0.6 is 11.8 Å². The Morgan fingerprint density at radius 1 is 1.50 bits per heavy atom. The summed E-state index contributed by atoms with van der Waals surface area (Å²) in [4.78, 5) is 12.0. The quantitative estimate of drug-likeness (QED) is 0.434. The summed E-state index contributed by atoms with van der Waals surface area (Å²) in [6.07, 6.45) is 5.17. The monoisotopic (exact) mass is 208 g/mol. The third-order valence-electron chi connectivity index (χ3n) is 1.71. The third-order valence-corrected chi connectivity index (χ3v) is 2.43. The highest BCUT2D eigenvalue weighted by molar-refractivity contribution is 7.98. The van der Waals surface area contributed by atoms with Crippen LogP contribution in [0.15, 0.2) is 35.2 Å². The lowest BCUT2D eigenvalue weighted by atomic mass is 10.2. The molecule has 0 spiro atoms. The molecule has 0 fully saturated rings. The number of hydrogen-bond acceptors (Lipinski definition) is 3. The first kappa shape index (κ1) is 10.9. The first-order valence-corrected chi connectivity index (χ1v) is 5.39. The van der Waals surface area contributed by atoms with Crippen molar-refractivity contribution in [2.75, 3.05) is 13.4 Å². The van der Waals surface area contributed by atoms with Crippen molar-refractivity contribution in [3.8, 4) is 0 Å². The molecule has 0 aliphatic carbocycles. The van der Waals surface area contributed by atoms with Gasteiger partial charge in [0.25, 0.3) is 0 Å². The molecule has 74 valence electrons. The van der Waals surface area contributed by atoms with Gasteiger partial charge in [-0.15, -0.1) is 11.8 Å². The lowest BCUT2D eigenvalue weighted by Gasteiger charge is -1.97. The van der Waals surface area contributed by atoms with Crippen LogP contribution in [-0.2, 0) is 9.53 Å². The van der Waals surface area contributed by atoms with Crippen molar-refractivity contribution in [1.29, 1.82) is 0 Å². The zero-order chi connectivity index (χ0) is 10.4. The van der Waals surface area contributed by atoms with E-state index in [9.17, 15) is 4.79 Å². The van der Waals surface area contributed by atoms with E-state index in [0.29, 0.717) is 0 Å². The second kappa shape index (κ2) is 5.50. The lowest BCUT2D eigenvalue weighted by molar-refractivity contribution is -0.134. The van der Waals surface area contributed by atoms with E-state index < -0.39 is 0 Å². The molecular formula is C11H12O2S. The van der Waals surface area contributed by atoms with Crippen LogP contribution in [0.3, 0.4) is 0 Å². The van der Waals surface area contributed by atoms with Gasteiger partial charge in [0.1, 0.15) is 0 Å². The van der Waals surface area contributed by atoms with Gasteiger partial charge in [-0.3, -0.25) is 0 Å². The Morgan fingerprint density at radius 3 is 2.93 bits per heavy atom. The predicted molar refractivity (Wildman–Crippen MR) is 59.3 cm³/mol. The van der Waals surface area contributed by atoms with Gasteiger partial charge in [0.2, 0.25) is 0 Å². The maximum Gasteiger partial charge on any atom is 0.330 e. The highest BCUT2D eigenvalue weighted by Gasteiger charge is 1.93. The highest BCUT2D eigenvalue weighted by atomic mass is 32.2. The van der Waals surface area contributed by atoms with Crippen LogP contribution in [0.1, 0.15) is 5.56 Å². The first-order valence-electron chi connectivity index (χ1n) is 4.16. The number of esters is 1. The lowest BCUT2D eigenvalue weighted by Crippen LogP contribution is -1.93. The molecule has 1 aromatic carbocycles. The normalized spacial score (nSPS) is 10.4. The summed E-state index contributed by atoms with van der Waals surface area (Å²) < 4.78 is 4.50. The van der Waals surface area contributed by atoms with Gasteiger partial charge in [-0.05, 0) is 30.0 Å². The largest absolute Gasteiger partial charge is 0.466 e. The fourth-order valence-electron chi connectivity index (χ4n) is 0.977. The van der Waals surface area contributed by atoms with Gasteiger partial charge in [0.15, 0.2) is 0 Å². The minimum Gasteiger partial charge on any atom is -0.466 e. The fraction of sp³-hybridized carbons (Fsp3) is 0.182. The second-order valence-corrected chi connectivity index (χ2v) is 3.51. The highest BCUT2D eigenvalue weighted by Crippen LogP contribution is 2.16. The summed E-state index contributed by atoms with van der Waals surface area (Å²) in [7, 11) is 1.37. The summed E-state index contributed by atoms with van der Waals surface area (Å²) in [6.45, 7) is 0. The number of carbonyl (C=O) groups excluding carboxylic acids is 1. The summed E-state index contributed by atoms with van der Waals surface area (Å²) in [5.74, 6) is -0.334. The number of carbonyl (C=O) groups is 1. The Kier molecular flexibility index (Phi) is 4.26. The van der Waals surface area contributed by atoms with E-state index in [1.807, 2.05) is 30.5 Å². The van der Waals surface area contributed by atoms with Gasteiger partial charge in [-0.1, -0.05) is 12.1 Å². The smallest absolute Gasteiger partial charge is 0.330 e. The van der Waals surface area contributed by atoms with Crippen molar-refractivity contribution < 1.29 is 9.53 Å². The van der Waals surface area contributed by atoms with Gasteiger partial charge in [0, 0.05) is 11.0 Å². The summed E-state index contributed by atoms with van der Waals surface area (Å²) >= 11 is 1.67. The molecule has 0 amide bonds. The van der Waals surface area contributed by atoms with Crippen LogP contribution in [0.25, 0.3) is 6.08 Å².